The highest BCUT2D eigenvalue weighted by Crippen LogP contribution is 2.36. The number of nitrogens with two attached hydrogens (primary N) is 1. The number of urea groups is 1. The predicted molar refractivity (Wildman–Crippen MR) is 126 cm³/mol. The number of amides is 3. The van der Waals surface area contributed by atoms with Crippen molar-refractivity contribution >= 4 is 51.7 Å². The van der Waals surface area contributed by atoms with Crippen molar-refractivity contribution < 1.29 is 36.4 Å². The largest absolute Gasteiger partial charge is 0.606 e. The van der Waals surface area contributed by atoms with Crippen LogP contribution in [0.3, 0.4) is 0 Å². The summed E-state index contributed by atoms with van der Waals surface area (Å²) >= 11 is -1.73. The number of rotatable bonds is 5. The molecule has 0 spiro atoms. The summed E-state index contributed by atoms with van der Waals surface area (Å²) in [5, 5.41) is 2.38. The number of carbonyl (C=O) groups is 2. The minimum Gasteiger partial charge on any atom is -0.606 e. The summed E-state index contributed by atoms with van der Waals surface area (Å²) in [6.45, 7) is 0. The van der Waals surface area contributed by atoms with Gasteiger partial charge in [-0.15, -0.1) is 0 Å². The minimum atomic E-state index is -4.77. The maximum absolute atomic E-state index is 14.4. The van der Waals surface area contributed by atoms with Crippen molar-refractivity contribution in [2.75, 3.05) is 17.3 Å². The topological polar surface area (TPSA) is 136 Å². The molecule has 1 unspecified atom stereocenters. The molecule has 37 heavy (non-hydrogen) atoms. The summed E-state index contributed by atoms with van der Waals surface area (Å²) in [4.78, 5) is 31.7. The van der Waals surface area contributed by atoms with Gasteiger partial charge < -0.3 is 20.0 Å². The third-order valence-corrected chi connectivity index (χ3v) is 6.50. The Kier molecular flexibility index (Phi) is 6.96. The monoisotopic (exact) mass is 535 g/mol. The second-order valence-corrected chi connectivity index (χ2v) is 8.96. The molecule has 1 heterocycles. The molecule has 0 aliphatic rings. The van der Waals surface area contributed by atoms with Crippen LogP contribution in [0.2, 0.25) is 0 Å². The predicted octanol–water partition coefficient (Wildman–Crippen LogP) is 5.28. The van der Waals surface area contributed by atoms with Gasteiger partial charge in [0.1, 0.15) is 5.82 Å². The molecule has 3 amide bonds. The van der Waals surface area contributed by atoms with Gasteiger partial charge in [-0.25, -0.2) is 19.0 Å². The Morgan fingerprint density at radius 2 is 1.76 bits per heavy atom. The number of halogens is 4. The number of alkyl halides is 3. The number of nitrogens with one attached hydrogen (secondary N) is 2. The summed E-state index contributed by atoms with van der Waals surface area (Å²) in [6.07, 6.45) is -5.49. The van der Waals surface area contributed by atoms with E-state index in [1.54, 1.807) is 12.1 Å². The summed E-state index contributed by atoms with van der Waals surface area (Å²) in [7, 11) is 1.20. The number of H-pyrrole nitrogens is 1. The maximum atomic E-state index is 14.4. The number of hydrogen-bond donors (Lipinski definition) is 3. The molecule has 9 nitrogen and oxygen atoms in total. The average molecular weight is 535 g/mol. The number of aromatic nitrogens is 2. The number of hydrogen-bond acceptors (Lipinski definition) is 5. The van der Waals surface area contributed by atoms with E-state index in [-0.39, 0.29) is 16.5 Å². The number of ether oxygens (including phenoxy) is 1. The molecule has 0 saturated carbocycles. The van der Waals surface area contributed by atoms with Gasteiger partial charge in [-0.05, 0) is 54.6 Å². The van der Waals surface area contributed by atoms with Crippen LogP contribution in [0.1, 0.15) is 5.56 Å². The molecule has 0 fully saturated rings. The standard InChI is InChI=1S/C23H17F4N5O4S/c1-36-22(34)31-21-29-17-9-7-15(11-18(17)30-21)37(35)14-5-3-13(4-6-14)32(20(28)33)19-10-12(23(25,26)27)2-8-16(19)24/h2-11H,1H3,(H2,28,33)(H2,29,30,31,34). The van der Waals surface area contributed by atoms with Gasteiger partial charge in [0.2, 0.25) is 5.95 Å². The van der Waals surface area contributed by atoms with E-state index in [0.29, 0.717) is 39.0 Å². The molecule has 192 valence electrons. The van der Waals surface area contributed by atoms with Crippen LogP contribution < -0.4 is 16.0 Å². The van der Waals surface area contributed by atoms with Gasteiger partial charge in [0.25, 0.3) is 0 Å². The quantitative estimate of drug-likeness (QED) is 0.236. The molecule has 4 rings (SSSR count). The van der Waals surface area contributed by atoms with Gasteiger partial charge in [-0.3, -0.25) is 10.2 Å². The second kappa shape index (κ2) is 9.99. The van der Waals surface area contributed by atoms with Gasteiger partial charge in [0.15, 0.2) is 9.79 Å². The summed E-state index contributed by atoms with van der Waals surface area (Å²) < 4.78 is 71.4. The zero-order chi connectivity index (χ0) is 26.9. The highest BCUT2D eigenvalue weighted by Gasteiger charge is 2.32. The van der Waals surface area contributed by atoms with Crippen molar-refractivity contribution in [2.45, 2.75) is 16.0 Å². The molecule has 0 aliphatic heterocycles. The average Bonchev–Trinajstić information content (AvgIpc) is 3.25. The second-order valence-electron chi connectivity index (χ2n) is 7.48. The maximum Gasteiger partial charge on any atom is 0.416 e. The lowest BCUT2D eigenvalue weighted by molar-refractivity contribution is -0.137. The number of imidazole rings is 1. The zero-order valence-corrected chi connectivity index (χ0v) is 19.6. The Labute approximate surface area is 209 Å². The van der Waals surface area contributed by atoms with Gasteiger partial charge in [-0.2, -0.15) is 13.2 Å². The van der Waals surface area contributed by atoms with E-state index in [4.69, 9.17) is 5.73 Å². The molecule has 0 radical (unpaired) electrons. The molecular weight excluding hydrogens is 518 g/mol. The van der Waals surface area contributed by atoms with Gasteiger partial charge in [0, 0.05) is 17.2 Å². The van der Waals surface area contributed by atoms with Crippen molar-refractivity contribution in [3.8, 4) is 0 Å². The Bertz CT molecular complexity index is 1480. The molecule has 4 N–H and O–H groups in total. The third kappa shape index (κ3) is 5.44. The van der Waals surface area contributed by atoms with Crippen LogP contribution in [0, 0.1) is 5.82 Å². The van der Waals surface area contributed by atoms with Crippen LogP contribution in [0.4, 0.5) is 44.5 Å². The molecule has 0 bridgehead atoms. The van der Waals surface area contributed by atoms with Crippen molar-refractivity contribution in [1.29, 1.82) is 0 Å². The first-order chi connectivity index (χ1) is 17.5. The van der Waals surface area contributed by atoms with Crippen LogP contribution >= 0.6 is 0 Å². The molecule has 0 aliphatic carbocycles. The Morgan fingerprint density at radius 1 is 1.08 bits per heavy atom. The SMILES string of the molecule is COC(=O)Nc1nc2cc([S+]([O-])c3ccc(N(C(N)=O)c4cc(C(F)(F)F)ccc4F)cc3)ccc2[nH]1. The molecule has 1 aromatic heterocycles. The molecule has 14 heteroatoms. The summed E-state index contributed by atoms with van der Waals surface area (Å²) in [6, 6.07) is 10.4. The normalized spacial score (nSPS) is 12.3. The number of primary amides is 1. The third-order valence-electron chi connectivity index (χ3n) is 5.12. The van der Waals surface area contributed by atoms with E-state index < -0.39 is 46.5 Å². The molecule has 3 aromatic carbocycles. The Balaban J connectivity index is 1.62. The van der Waals surface area contributed by atoms with Crippen LogP contribution in [-0.4, -0.2) is 33.8 Å². The lowest BCUT2D eigenvalue weighted by Crippen LogP contribution is -2.32. The smallest absolute Gasteiger partial charge is 0.416 e. The van der Waals surface area contributed by atoms with Gasteiger partial charge >= 0.3 is 18.3 Å². The van der Waals surface area contributed by atoms with Crippen LogP contribution in [-0.2, 0) is 22.1 Å². The fraction of sp³-hybridized carbons (Fsp3) is 0.0870. The fourth-order valence-electron chi connectivity index (χ4n) is 3.41. The van der Waals surface area contributed by atoms with Crippen LogP contribution in [0.15, 0.2) is 70.5 Å². The Hall–Kier alpha value is -4.30. The van der Waals surface area contributed by atoms with Crippen molar-refractivity contribution in [3.05, 3.63) is 72.0 Å². The zero-order valence-electron chi connectivity index (χ0n) is 18.8. The van der Waals surface area contributed by atoms with Crippen molar-refractivity contribution in [3.63, 3.8) is 0 Å². The van der Waals surface area contributed by atoms with E-state index in [9.17, 15) is 31.7 Å². The number of fused-ring (bicyclic) bond motifs is 1. The molecule has 0 saturated heterocycles. The van der Waals surface area contributed by atoms with E-state index in [2.05, 4.69) is 20.0 Å². The number of benzene rings is 3. The Morgan fingerprint density at radius 3 is 2.38 bits per heavy atom. The van der Waals surface area contributed by atoms with Crippen LogP contribution in [0.5, 0.6) is 0 Å². The van der Waals surface area contributed by atoms with Gasteiger partial charge in [-0.1, -0.05) is 0 Å². The lowest BCUT2D eigenvalue weighted by atomic mass is 10.1. The fourth-order valence-corrected chi connectivity index (χ4v) is 4.47. The van der Waals surface area contributed by atoms with E-state index in [1.807, 2.05) is 0 Å². The number of methoxy groups -OCH3 is 1. The lowest BCUT2D eigenvalue weighted by Gasteiger charge is -2.22. The first-order valence-electron chi connectivity index (χ1n) is 10.3. The number of carbonyl (C=O) groups excluding carboxylic acids is 2. The molecular formula is C23H17F4N5O4S. The highest BCUT2D eigenvalue weighted by atomic mass is 32.2. The summed E-state index contributed by atoms with van der Waals surface area (Å²) in [5.74, 6) is -0.963. The van der Waals surface area contributed by atoms with E-state index in [0.717, 1.165) is 0 Å². The first-order valence-corrected chi connectivity index (χ1v) is 11.5. The van der Waals surface area contributed by atoms with Crippen molar-refractivity contribution in [2.24, 2.45) is 5.73 Å². The van der Waals surface area contributed by atoms with Gasteiger partial charge in [0.05, 0.1) is 35.1 Å². The molecule has 1 atom stereocenters. The first kappa shape index (κ1) is 25.8. The number of anilines is 3. The molecule has 4 aromatic rings. The number of aromatic amines is 1. The van der Waals surface area contributed by atoms with Crippen LogP contribution in [0.25, 0.3) is 11.0 Å². The van der Waals surface area contributed by atoms with E-state index in [1.165, 1.54) is 37.4 Å². The highest BCUT2D eigenvalue weighted by molar-refractivity contribution is 7.91. The van der Waals surface area contributed by atoms with Crippen molar-refractivity contribution in [1.82, 2.24) is 9.97 Å². The van der Waals surface area contributed by atoms with E-state index >= 15 is 0 Å². The number of nitrogens with zero attached hydrogens (tertiary/aromatic N) is 2. The minimum absolute atomic E-state index is 0.0345. The summed E-state index contributed by atoms with van der Waals surface area (Å²) in [5.41, 5.74) is 4.44.